The van der Waals surface area contributed by atoms with E-state index in [1.54, 1.807) is 19.4 Å². The van der Waals surface area contributed by atoms with E-state index in [1.165, 1.54) is 6.08 Å². The van der Waals surface area contributed by atoms with Crippen molar-refractivity contribution in [2.75, 3.05) is 13.7 Å². The summed E-state index contributed by atoms with van der Waals surface area (Å²) in [6.07, 6.45) is 6.87. The van der Waals surface area contributed by atoms with Crippen molar-refractivity contribution in [2.45, 2.75) is 13.0 Å². The molecule has 3 rings (SSSR count). The largest absolute Gasteiger partial charge is 0.497 e. The quantitative estimate of drug-likeness (QED) is 0.594. The monoisotopic (exact) mass is 391 g/mol. The number of benzene rings is 2. The van der Waals surface area contributed by atoms with Crippen molar-refractivity contribution in [3.8, 4) is 11.5 Å². The van der Waals surface area contributed by atoms with E-state index in [0.29, 0.717) is 6.61 Å². The lowest BCUT2D eigenvalue weighted by Gasteiger charge is -2.18. The van der Waals surface area contributed by atoms with Gasteiger partial charge in [0.2, 0.25) is 5.91 Å². The van der Waals surface area contributed by atoms with E-state index in [-0.39, 0.29) is 11.9 Å². The molecule has 0 saturated heterocycles. The van der Waals surface area contributed by atoms with Crippen LogP contribution in [0.15, 0.2) is 67.0 Å². The number of imidazole rings is 1. The van der Waals surface area contributed by atoms with Gasteiger partial charge < -0.3 is 19.4 Å². The average Bonchev–Trinajstić information content (AvgIpc) is 3.17. The molecule has 1 aromatic heterocycles. The fraction of sp³-hybridized carbons (Fsp3) is 0.217. The Morgan fingerprint density at radius 1 is 1.14 bits per heavy atom. The van der Waals surface area contributed by atoms with Crippen LogP contribution in [0.4, 0.5) is 0 Å². The number of rotatable bonds is 8. The SMILES string of the molecule is CCOc1ccc(/C=C/C(=O)NC(c2ccc(OC)cc2)c2nccn2C)cc1. The van der Waals surface area contributed by atoms with Gasteiger partial charge in [-0.1, -0.05) is 24.3 Å². The second kappa shape index (κ2) is 9.59. The maximum Gasteiger partial charge on any atom is 0.244 e. The van der Waals surface area contributed by atoms with E-state index >= 15 is 0 Å². The van der Waals surface area contributed by atoms with Crippen LogP contribution in [0.5, 0.6) is 11.5 Å². The number of carbonyl (C=O) groups is 1. The molecule has 150 valence electrons. The number of hydrogen-bond donors (Lipinski definition) is 1. The minimum Gasteiger partial charge on any atom is -0.497 e. The third kappa shape index (κ3) is 5.25. The van der Waals surface area contributed by atoms with Crippen LogP contribution in [0, 0.1) is 0 Å². The molecule has 1 unspecified atom stereocenters. The summed E-state index contributed by atoms with van der Waals surface area (Å²) in [5, 5.41) is 3.04. The zero-order valence-corrected chi connectivity index (χ0v) is 16.8. The third-order valence-electron chi connectivity index (χ3n) is 4.47. The Balaban J connectivity index is 1.76. The standard InChI is InChI=1S/C23H25N3O3/c1-4-29-20-10-5-17(6-11-20)7-14-21(27)25-22(23-24-15-16-26(23)2)18-8-12-19(28-3)13-9-18/h5-16,22H,4H2,1-3H3,(H,25,27)/b14-7+. The molecular weight excluding hydrogens is 366 g/mol. The molecule has 0 spiro atoms. The molecule has 1 N–H and O–H groups in total. The maximum absolute atomic E-state index is 12.6. The van der Waals surface area contributed by atoms with E-state index in [0.717, 1.165) is 28.5 Å². The highest BCUT2D eigenvalue weighted by atomic mass is 16.5. The van der Waals surface area contributed by atoms with Crippen molar-refractivity contribution in [1.82, 2.24) is 14.9 Å². The molecule has 1 heterocycles. The lowest BCUT2D eigenvalue weighted by Crippen LogP contribution is -2.29. The fourth-order valence-corrected chi connectivity index (χ4v) is 2.95. The summed E-state index contributed by atoms with van der Waals surface area (Å²) < 4.78 is 12.6. The number of hydrogen-bond acceptors (Lipinski definition) is 4. The lowest BCUT2D eigenvalue weighted by molar-refractivity contribution is -0.117. The van der Waals surface area contributed by atoms with Crippen LogP contribution >= 0.6 is 0 Å². The van der Waals surface area contributed by atoms with Gasteiger partial charge in [0.15, 0.2) is 0 Å². The van der Waals surface area contributed by atoms with Crippen molar-refractivity contribution < 1.29 is 14.3 Å². The molecule has 0 aliphatic heterocycles. The first-order valence-electron chi connectivity index (χ1n) is 9.43. The molecular formula is C23H25N3O3. The van der Waals surface area contributed by atoms with Crippen LogP contribution in [-0.4, -0.2) is 29.2 Å². The number of methoxy groups -OCH3 is 1. The summed E-state index contributed by atoms with van der Waals surface area (Å²) in [5.41, 5.74) is 1.84. The van der Waals surface area contributed by atoms with Gasteiger partial charge in [-0.3, -0.25) is 4.79 Å². The van der Waals surface area contributed by atoms with Gasteiger partial charge in [0, 0.05) is 25.5 Å². The maximum atomic E-state index is 12.6. The molecule has 3 aromatic rings. The van der Waals surface area contributed by atoms with Gasteiger partial charge in [0.25, 0.3) is 0 Å². The van der Waals surface area contributed by atoms with Gasteiger partial charge in [-0.25, -0.2) is 4.98 Å². The molecule has 2 aromatic carbocycles. The molecule has 0 aliphatic carbocycles. The Morgan fingerprint density at radius 3 is 2.41 bits per heavy atom. The Hall–Kier alpha value is -3.54. The van der Waals surface area contributed by atoms with E-state index in [4.69, 9.17) is 9.47 Å². The summed E-state index contributed by atoms with van der Waals surface area (Å²) in [7, 11) is 3.53. The molecule has 0 saturated carbocycles. The number of nitrogens with one attached hydrogen (secondary N) is 1. The predicted octanol–water partition coefficient (Wildman–Crippen LogP) is 3.75. The van der Waals surface area contributed by atoms with Crippen molar-refractivity contribution in [2.24, 2.45) is 7.05 Å². The topological polar surface area (TPSA) is 65.4 Å². The lowest BCUT2D eigenvalue weighted by atomic mass is 10.1. The Kier molecular flexibility index (Phi) is 6.68. The Bertz CT molecular complexity index is 960. The van der Waals surface area contributed by atoms with Gasteiger partial charge in [-0.05, 0) is 48.4 Å². The first-order chi connectivity index (χ1) is 14.1. The van der Waals surface area contributed by atoms with E-state index in [2.05, 4.69) is 10.3 Å². The Labute approximate surface area is 170 Å². The first-order valence-corrected chi connectivity index (χ1v) is 9.43. The van der Waals surface area contributed by atoms with Crippen LogP contribution < -0.4 is 14.8 Å². The highest BCUT2D eigenvalue weighted by Crippen LogP contribution is 2.23. The van der Waals surface area contributed by atoms with Crippen molar-refractivity contribution in [1.29, 1.82) is 0 Å². The second-order valence-electron chi connectivity index (χ2n) is 6.45. The molecule has 0 bridgehead atoms. The Morgan fingerprint density at radius 2 is 1.83 bits per heavy atom. The van der Waals surface area contributed by atoms with Gasteiger partial charge in [-0.2, -0.15) is 0 Å². The van der Waals surface area contributed by atoms with Gasteiger partial charge in [-0.15, -0.1) is 0 Å². The van der Waals surface area contributed by atoms with Gasteiger partial charge >= 0.3 is 0 Å². The van der Waals surface area contributed by atoms with Crippen molar-refractivity contribution in [3.63, 3.8) is 0 Å². The van der Waals surface area contributed by atoms with Gasteiger partial charge in [0.05, 0.1) is 13.7 Å². The normalized spacial score (nSPS) is 12.0. The molecule has 1 amide bonds. The zero-order valence-electron chi connectivity index (χ0n) is 16.8. The van der Waals surface area contributed by atoms with Crippen LogP contribution in [-0.2, 0) is 11.8 Å². The van der Waals surface area contributed by atoms with E-state index < -0.39 is 0 Å². The average molecular weight is 391 g/mol. The number of aryl methyl sites for hydroxylation is 1. The molecule has 0 radical (unpaired) electrons. The predicted molar refractivity (Wildman–Crippen MR) is 113 cm³/mol. The summed E-state index contributed by atoms with van der Waals surface area (Å²) >= 11 is 0. The second-order valence-corrected chi connectivity index (χ2v) is 6.45. The highest BCUT2D eigenvalue weighted by Gasteiger charge is 2.20. The molecule has 6 nitrogen and oxygen atoms in total. The highest BCUT2D eigenvalue weighted by molar-refractivity contribution is 5.92. The van der Waals surface area contributed by atoms with Crippen LogP contribution in [0.2, 0.25) is 0 Å². The summed E-state index contributed by atoms with van der Waals surface area (Å²) in [4.78, 5) is 17.0. The molecule has 6 heteroatoms. The molecule has 0 fully saturated rings. The van der Waals surface area contributed by atoms with Crippen LogP contribution in [0.1, 0.15) is 29.9 Å². The first kappa shape index (κ1) is 20.2. The molecule has 29 heavy (non-hydrogen) atoms. The van der Waals surface area contributed by atoms with E-state index in [1.807, 2.05) is 73.3 Å². The third-order valence-corrected chi connectivity index (χ3v) is 4.47. The van der Waals surface area contributed by atoms with E-state index in [9.17, 15) is 4.79 Å². The number of ether oxygens (including phenoxy) is 2. The number of amides is 1. The van der Waals surface area contributed by atoms with Gasteiger partial charge in [0.1, 0.15) is 23.4 Å². The summed E-state index contributed by atoms with van der Waals surface area (Å²) in [6, 6.07) is 14.8. The number of aromatic nitrogens is 2. The summed E-state index contributed by atoms with van der Waals surface area (Å²) in [6.45, 7) is 2.57. The van der Waals surface area contributed by atoms with Crippen LogP contribution in [0.25, 0.3) is 6.08 Å². The smallest absolute Gasteiger partial charge is 0.244 e. The number of carbonyl (C=O) groups excluding carboxylic acids is 1. The summed E-state index contributed by atoms with van der Waals surface area (Å²) in [5.74, 6) is 2.11. The van der Waals surface area contributed by atoms with Crippen molar-refractivity contribution >= 4 is 12.0 Å². The minimum atomic E-state index is -0.376. The van der Waals surface area contributed by atoms with Crippen molar-refractivity contribution in [3.05, 3.63) is 84.0 Å². The van der Waals surface area contributed by atoms with Crippen LogP contribution in [0.3, 0.4) is 0 Å². The zero-order chi connectivity index (χ0) is 20.6. The minimum absolute atomic E-state index is 0.206. The molecule has 1 atom stereocenters. The number of nitrogens with zero attached hydrogens (tertiary/aromatic N) is 2. The fourth-order valence-electron chi connectivity index (χ4n) is 2.95. The molecule has 0 aliphatic rings.